The molecule has 1 N–H and O–H groups in total. The average Bonchev–Trinajstić information content (AvgIpc) is 3.58. The highest BCUT2D eigenvalue weighted by Crippen LogP contribution is 2.29. The number of aromatic nitrogens is 3. The van der Waals surface area contributed by atoms with Gasteiger partial charge in [-0.15, -0.1) is 5.10 Å². The van der Waals surface area contributed by atoms with E-state index in [1.165, 1.54) is 35.1 Å². The number of rotatable bonds is 8. The van der Waals surface area contributed by atoms with Crippen LogP contribution in [0.2, 0.25) is 5.02 Å². The monoisotopic (exact) mass is 533 g/mol. The summed E-state index contributed by atoms with van der Waals surface area (Å²) in [6.07, 6.45) is 4.38. The molecule has 0 saturated carbocycles. The Morgan fingerprint density at radius 2 is 1.68 bits per heavy atom. The summed E-state index contributed by atoms with van der Waals surface area (Å²) in [7, 11) is 0. The summed E-state index contributed by atoms with van der Waals surface area (Å²) in [5.74, 6) is 0.357. The summed E-state index contributed by atoms with van der Waals surface area (Å²) in [4.78, 5) is 28.1. The predicted molar refractivity (Wildman–Crippen MR) is 140 cm³/mol. The molecular weight excluding hydrogens is 509 g/mol. The first-order valence-corrected chi connectivity index (χ1v) is 12.5. The first kappa shape index (κ1) is 25.4. The topological polar surface area (TPSA) is 89.4 Å². The van der Waals surface area contributed by atoms with Crippen molar-refractivity contribution in [3.05, 3.63) is 102 Å². The summed E-state index contributed by atoms with van der Waals surface area (Å²) >= 11 is 6.02. The number of amides is 2. The van der Waals surface area contributed by atoms with Crippen molar-refractivity contribution >= 4 is 29.1 Å². The third-order valence-corrected chi connectivity index (χ3v) is 6.64. The van der Waals surface area contributed by atoms with Crippen molar-refractivity contribution < 1.29 is 18.7 Å². The van der Waals surface area contributed by atoms with Crippen molar-refractivity contribution in [1.82, 2.24) is 19.9 Å². The number of halogens is 2. The summed E-state index contributed by atoms with van der Waals surface area (Å²) in [6, 6.07) is 19.6. The Morgan fingerprint density at radius 1 is 1.00 bits per heavy atom. The first-order chi connectivity index (χ1) is 18.4. The lowest BCUT2D eigenvalue weighted by molar-refractivity contribution is -0.137. The van der Waals surface area contributed by atoms with Gasteiger partial charge >= 0.3 is 0 Å². The van der Waals surface area contributed by atoms with E-state index in [-0.39, 0.29) is 30.1 Å². The number of nitrogens with zero attached hydrogens (tertiary/aromatic N) is 4. The van der Waals surface area contributed by atoms with Crippen molar-refractivity contribution in [2.75, 3.05) is 11.9 Å². The van der Waals surface area contributed by atoms with Gasteiger partial charge in [0.05, 0.1) is 6.20 Å². The number of likely N-dealkylation sites (tertiary alicyclic amines) is 1. The lowest BCUT2D eigenvalue weighted by Crippen LogP contribution is -2.44. The standard InChI is InChI=1S/C28H25ClFN5O3/c29-21-3-1-19(2-4-21)15-20-16-26(35(17-20)27(36)18-34-14-13-31-33-34)28(37)32-23-7-11-25(12-8-23)38-24-9-5-22(30)6-10-24/h1-14,20,26H,15-18H2,(H,32,37)/t20?,26-/m0/s1. The first-order valence-electron chi connectivity index (χ1n) is 12.2. The molecule has 0 spiro atoms. The SMILES string of the molecule is O=C(Nc1ccc(Oc2ccc(F)cc2)cc1)[C@@H]1CC(Cc2ccc(Cl)cc2)CN1C(=O)Cn1ccnn1. The quantitative estimate of drug-likeness (QED) is 0.346. The maximum absolute atomic E-state index is 13.4. The van der Waals surface area contributed by atoms with Crippen molar-refractivity contribution in [2.24, 2.45) is 5.92 Å². The van der Waals surface area contributed by atoms with Crippen molar-refractivity contribution in [3.8, 4) is 11.5 Å². The molecule has 3 aromatic carbocycles. The van der Waals surface area contributed by atoms with Gasteiger partial charge in [-0.2, -0.15) is 0 Å². The average molecular weight is 534 g/mol. The third-order valence-electron chi connectivity index (χ3n) is 6.39. The highest BCUT2D eigenvalue weighted by atomic mass is 35.5. The van der Waals surface area contributed by atoms with Crippen LogP contribution in [0.25, 0.3) is 0 Å². The van der Waals surface area contributed by atoms with Crippen molar-refractivity contribution in [3.63, 3.8) is 0 Å². The summed E-state index contributed by atoms with van der Waals surface area (Å²) < 4.78 is 20.3. The molecule has 1 aromatic heterocycles. The normalized spacial score (nSPS) is 16.8. The van der Waals surface area contributed by atoms with Gasteiger partial charge in [0.15, 0.2) is 0 Å². The van der Waals surface area contributed by atoms with E-state index in [1.807, 2.05) is 24.3 Å². The fourth-order valence-corrected chi connectivity index (χ4v) is 4.69. The van der Waals surface area contributed by atoms with Crippen LogP contribution < -0.4 is 10.1 Å². The van der Waals surface area contributed by atoms with Crippen LogP contribution in [0, 0.1) is 11.7 Å². The molecule has 0 bridgehead atoms. The van der Waals surface area contributed by atoms with Gasteiger partial charge in [-0.3, -0.25) is 9.59 Å². The number of nitrogens with one attached hydrogen (secondary N) is 1. The van der Waals surface area contributed by atoms with E-state index in [9.17, 15) is 14.0 Å². The molecule has 1 unspecified atom stereocenters. The third kappa shape index (κ3) is 6.36. The Hall–Kier alpha value is -4.24. The smallest absolute Gasteiger partial charge is 0.247 e. The van der Waals surface area contributed by atoms with Gasteiger partial charge in [0.1, 0.15) is 29.9 Å². The lowest BCUT2D eigenvalue weighted by Gasteiger charge is -2.24. The second-order valence-electron chi connectivity index (χ2n) is 9.16. The van der Waals surface area contributed by atoms with Crippen LogP contribution in [0.5, 0.6) is 11.5 Å². The lowest BCUT2D eigenvalue weighted by atomic mass is 9.96. The molecular formula is C28H25ClFN5O3. The van der Waals surface area contributed by atoms with Gasteiger partial charge < -0.3 is 15.0 Å². The zero-order chi connectivity index (χ0) is 26.5. The minimum atomic E-state index is -0.626. The molecule has 0 radical (unpaired) electrons. The van der Waals surface area contributed by atoms with E-state index < -0.39 is 6.04 Å². The van der Waals surface area contributed by atoms with E-state index >= 15 is 0 Å². The van der Waals surface area contributed by atoms with E-state index in [2.05, 4.69) is 15.6 Å². The Balaban J connectivity index is 1.26. The van der Waals surface area contributed by atoms with Crippen LogP contribution in [-0.4, -0.2) is 44.3 Å². The fraction of sp³-hybridized carbons (Fsp3) is 0.214. The van der Waals surface area contributed by atoms with Gasteiger partial charge in [-0.1, -0.05) is 28.9 Å². The van der Waals surface area contributed by atoms with Crippen LogP contribution in [0.1, 0.15) is 12.0 Å². The van der Waals surface area contributed by atoms with Crippen LogP contribution >= 0.6 is 11.6 Å². The van der Waals surface area contributed by atoms with E-state index in [0.717, 1.165) is 12.0 Å². The van der Waals surface area contributed by atoms with Crippen LogP contribution in [-0.2, 0) is 22.6 Å². The molecule has 2 atom stereocenters. The van der Waals surface area contributed by atoms with E-state index in [4.69, 9.17) is 16.3 Å². The Labute approximate surface area is 224 Å². The van der Waals surface area contributed by atoms with Gasteiger partial charge in [-0.05, 0) is 85.0 Å². The molecule has 8 nitrogen and oxygen atoms in total. The van der Waals surface area contributed by atoms with Gasteiger partial charge in [0.25, 0.3) is 0 Å². The summed E-state index contributed by atoms with van der Waals surface area (Å²) in [5, 5.41) is 11.2. The maximum Gasteiger partial charge on any atom is 0.247 e. The zero-order valence-electron chi connectivity index (χ0n) is 20.3. The van der Waals surface area contributed by atoms with Crippen molar-refractivity contribution in [1.29, 1.82) is 0 Å². The summed E-state index contributed by atoms with van der Waals surface area (Å²) in [6.45, 7) is 0.464. The molecule has 4 aromatic rings. The molecule has 0 aliphatic carbocycles. The minimum absolute atomic E-state index is 0.00681. The molecule has 1 saturated heterocycles. The molecule has 1 fully saturated rings. The molecule has 38 heavy (non-hydrogen) atoms. The fourth-order valence-electron chi connectivity index (χ4n) is 4.57. The van der Waals surface area contributed by atoms with Crippen LogP contribution in [0.3, 0.4) is 0 Å². The van der Waals surface area contributed by atoms with Gasteiger partial charge in [0.2, 0.25) is 11.8 Å². The molecule has 10 heteroatoms. The highest BCUT2D eigenvalue weighted by Gasteiger charge is 2.39. The number of hydrogen-bond acceptors (Lipinski definition) is 5. The molecule has 2 heterocycles. The number of anilines is 1. The van der Waals surface area contributed by atoms with Crippen LogP contribution in [0.4, 0.5) is 10.1 Å². The zero-order valence-corrected chi connectivity index (χ0v) is 21.1. The molecule has 1 aliphatic rings. The number of benzene rings is 3. The predicted octanol–water partition coefficient (Wildman–Crippen LogP) is 4.96. The molecule has 194 valence electrons. The van der Waals surface area contributed by atoms with Crippen LogP contribution in [0.15, 0.2) is 85.2 Å². The van der Waals surface area contributed by atoms with E-state index in [1.54, 1.807) is 35.4 Å². The number of ether oxygens (including phenoxy) is 1. The molecule has 2 amide bonds. The highest BCUT2D eigenvalue weighted by molar-refractivity contribution is 6.30. The Morgan fingerprint density at radius 3 is 2.34 bits per heavy atom. The molecule has 1 aliphatic heterocycles. The number of carbonyl (C=O) groups excluding carboxylic acids is 2. The maximum atomic E-state index is 13.4. The summed E-state index contributed by atoms with van der Waals surface area (Å²) in [5.41, 5.74) is 1.67. The Bertz CT molecular complexity index is 1380. The Kier molecular flexibility index (Phi) is 7.65. The van der Waals surface area contributed by atoms with E-state index in [0.29, 0.717) is 35.2 Å². The number of carbonyl (C=O) groups is 2. The second kappa shape index (κ2) is 11.4. The second-order valence-corrected chi connectivity index (χ2v) is 9.60. The van der Waals surface area contributed by atoms with Gasteiger partial charge in [0, 0.05) is 23.5 Å². The molecule has 5 rings (SSSR count). The largest absolute Gasteiger partial charge is 0.457 e. The number of hydrogen-bond donors (Lipinski definition) is 1. The minimum Gasteiger partial charge on any atom is -0.457 e. The van der Waals surface area contributed by atoms with Gasteiger partial charge in [-0.25, -0.2) is 9.07 Å². The van der Waals surface area contributed by atoms with Crippen molar-refractivity contribution in [2.45, 2.75) is 25.4 Å².